The molecule has 25 heavy (non-hydrogen) atoms. The quantitative estimate of drug-likeness (QED) is 0.857. The number of methoxy groups -OCH3 is 1. The number of carbonyl (C=O) groups is 1. The van der Waals surface area contributed by atoms with Gasteiger partial charge in [-0.15, -0.1) is 10.2 Å². The summed E-state index contributed by atoms with van der Waals surface area (Å²) >= 11 is 1.41. The first kappa shape index (κ1) is 16.5. The lowest BCUT2D eigenvalue weighted by Crippen LogP contribution is -2.42. The second kappa shape index (κ2) is 6.72. The zero-order chi connectivity index (χ0) is 17.4. The molecular weight excluding hydrogens is 336 g/mol. The highest BCUT2D eigenvalue weighted by Crippen LogP contribution is 2.47. The van der Waals surface area contributed by atoms with Crippen molar-refractivity contribution < 1.29 is 9.53 Å². The maximum Gasteiger partial charge on any atom is 0.231 e. The molecular formula is C18H22N4O2S. The van der Waals surface area contributed by atoms with Crippen molar-refractivity contribution in [1.82, 2.24) is 10.2 Å². The van der Waals surface area contributed by atoms with E-state index in [0.29, 0.717) is 23.4 Å². The maximum absolute atomic E-state index is 12.6. The second-order valence-electron chi connectivity index (χ2n) is 6.95. The molecule has 0 saturated heterocycles. The number of ether oxygens (including phenoxy) is 1. The monoisotopic (exact) mass is 358 g/mol. The molecule has 4 rings (SSSR count). The Kier molecular flexibility index (Phi) is 4.43. The Labute approximate surface area is 150 Å². The fourth-order valence-corrected chi connectivity index (χ4v) is 5.02. The van der Waals surface area contributed by atoms with Crippen LogP contribution >= 0.6 is 11.3 Å². The Morgan fingerprint density at radius 1 is 1.36 bits per heavy atom. The van der Waals surface area contributed by atoms with Crippen LogP contribution in [0.5, 0.6) is 5.75 Å². The summed E-state index contributed by atoms with van der Waals surface area (Å²) in [5.74, 6) is 1.69. The molecule has 1 heterocycles. The third kappa shape index (κ3) is 3.26. The van der Waals surface area contributed by atoms with Gasteiger partial charge in [-0.1, -0.05) is 23.5 Å². The summed E-state index contributed by atoms with van der Waals surface area (Å²) in [5, 5.41) is 12.7. The zero-order valence-electron chi connectivity index (χ0n) is 14.1. The summed E-state index contributed by atoms with van der Waals surface area (Å²) in [6, 6.07) is 7.86. The zero-order valence-corrected chi connectivity index (χ0v) is 15.0. The highest BCUT2D eigenvalue weighted by atomic mass is 32.1. The number of aromatic nitrogens is 2. The first-order chi connectivity index (χ1) is 12.1. The summed E-state index contributed by atoms with van der Waals surface area (Å²) < 4.78 is 5.24. The molecule has 1 aromatic carbocycles. The standard InChI is InChI=1S/C18H22N4O2S/c1-24-13-4-2-3-10(7-13)8-14-21-22-18(25-14)20-17(23)15-11-5-6-12(9-11)16(15)19/h2-4,7,11-12,15-16H,5-6,8-9,19H2,1H3,(H,20,22,23). The first-order valence-electron chi connectivity index (χ1n) is 8.66. The molecule has 0 aliphatic heterocycles. The van der Waals surface area contributed by atoms with Gasteiger partial charge in [0, 0.05) is 12.5 Å². The number of hydrogen-bond acceptors (Lipinski definition) is 6. The fraction of sp³-hybridized carbons (Fsp3) is 0.500. The van der Waals surface area contributed by atoms with Gasteiger partial charge in [-0.25, -0.2) is 0 Å². The van der Waals surface area contributed by atoms with E-state index >= 15 is 0 Å². The van der Waals surface area contributed by atoms with E-state index in [4.69, 9.17) is 10.5 Å². The minimum Gasteiger partial charge on any atom is -0.497 e. The molecule has 4 atom stereocenters. The van der Waals surface area contributed by atoms with E-state index in [1.54, 1.807) is 7.11 Å². The van der Waals surface area contributed by atoms with Crippen LogP contribution in [0.3, 0.4) is 0 Å². The minimum atomic E-state index is -0.0792. The van der Waals surface area contributed by atoms with Crippen molar-refractivity contribution in [3.63, 3.8) is 0 Å². The Hall–Kier alpha value is -1.99. The number of nitrogens with zero attached hydrogens (tertiary/aromatic N) is 2. The van der Waals surface area contributed by atoms with Crippen molar-refractivity contribution in [2.45, 2.75) is 31.7 Å². The molecule has 4 unspecified atom stereocenters. The highest BCUT2D eigenvalue weighted by molar-refractivity contribution is 7.15. The van der Waals surface area contributed by atoms with Gasteiger partial charge in [0.25, 0.3) is 0 Å². The van der Waals surface area contributed by atoms with Gasteiger partial charge in [0.05, 0.1) is 13.0 Å². The Morgan fingerprint density at radius 3 is 2.96 bits per heavy atom. The Morgan fingerprint density at radius 2 is 2.20 bits per heavy atom. The molecule has 1 aromatic heterocycles. The molecule has 2 bridgehead atoms. The van der Waals surface area contributed by atoms with Crippen LogP contribution in [0.1, 0.15) is 29.8 Å². The molecule has 0 spiro atoms. The summed E-state index contributed by atoms with van der Waals surface area (Å²) in [7, 11) is 1.65. The number of anilines is 1. The minimum absolute atomic E-state index is 0.00350. The number of amides is 1. The fourth-order valence-electron chi connectivity index (χ4n) is 4.25. The topological polar surface area (TPSA) is 90.1 Å². The molecule has 2 saturated carbocycles. The van der Waals surface area contributed by atoms with Crippen LogP contribution in [0.25, 0.3) is 0 Å². The van der Waals surface area contributed by atoms with Gasteiger partial charge < -0.3 is 15.8 Å². The van der Waals surface area contributed by atoms with E-state index < -0.39 is 0 Å². The first-order valence-corrected chi connectivity index (χ1v) is 9.47. The SMILES string of the molecule is COc1cccc(Cc2nnc(NC(=O)C3C4CCC(C4)C3N)s2)c1. The van der Waals surface area contributed by atoms with Gasteiger partial charge in [0.2, 0.25) is 11.0 Å². The smallest absolute Gasteiger partial charge is 0.231 e. The molecule has 6 nitrogen and oxygen atoms in total. The van der Waals surface area contributed by atoms with Crippen LogP contribution in [-0.2, 0) is 11.2 Å². The number of nitrogens with two attached hydrogens (primary N) is 1. The molecule has 3 N–H and O–H groups in total. The van der Waals surface area contributed by atoms with E-state index in [-0.39, 0.29) is 17.9 Å². The van der Waals surface area contributed by atoms with E-state index in [9.17, 15) is 4.79 Å². The Bertz CT molecular complexity index is 776. The number of benzene rings is 1. The van der Waals surface area contributed by atoms with E-state index in [2.05, 4.69) is 15.5 Å². The predicted octanol–water partition coefficient (Wildman–Crippen LogP) is 2.45. The van der Waals surface area contributed by atoms with Crippen LogP contribution in [-0.4, -0.2) is 29.3 Å². The number of fused-ring (bicyclic) bond motifs is 2. The third-order valence-electron chi connectivity index (χ3n) is 5.47. The van der Waals surface area contributed by atoms with Gasteiger partial charge in [0.1, 0.15) is 10.8 Å². The van der Waals surface area contributed by atoms with Crippen LogP contribution < -0.4 is 15.8 Å². The molecule has 2 aliphatic rings. The number of rotatable bonds is 5. The van der Waals surface area contributed by atoms with E-state index in [0.717, 1.165) is 29.2 Å². The van der Waals surface area contributed by atoms with Crippen molar-refractivity contribution >= 4 is 22.4 Å². The van der Waals surface area contributed by atoms with Crippen LogP contribution in [0, 0.1) is 17.8 Å². The second-order valence-corrected chi connectivity index (χ2v) is 8.02. The number of nitrogens with one attached hydrogen (secondary N) is 1. The van der Waals surface area contributed by atoms with E-state index in [1.807, 2.05) is 24.3 Å². The largest absolute Gasteiger partial charge is 0.497 e. The summed E-state index contributed by atoms with van der Waals surface area (Å²) in [6.07, 6.45) is 4.04. The molecule has 1 amide bonds. The highest BCUT2D eigenvalue weighted by Gasteiger charge is 2.49. The normalized spacial score (nSPS) is 27.4. The molecule has 132 valence electrons. The van der Waals surface area contributed by atoms with Crippen LogP contribution in [0.2, 0.25) is 0 Å². The number of hydrogen-bond donors (Lipinski definition) is 2. The van der Waals surface area contributed by atoms with Gasteiger partial charge in [-0.3, -0.25) is 4.79 Å². The lowest BCUT2D eigenvalue weighted by molar-refractivity contribution is -0.121. The van der Waals surface area contributed by atoms with Crippen molar-refractivity contribution in [2.24, 2.45) is 23.5 Å². The van der Waals surface area contributed by atoms with Crippen molar-refractivity contribution in [1.29, 1.82) is 0 Å². The van der Waals surface area contributed by atoms with Crippen molar-refractivity contribution in [3.8, 4) is 5.75 Å². The molecule has 0 radical (unpaired) electrons. The average Bonchev–Trinajstić information content (AvgIpc) is 3.31. The molecule has 2 fully saturated rings. The van der Waals surface area contributed by atoms with Gasteiger partial charge in [0.15, 0.2) is 0 Å². The predicted molar refractivity (Wildman–Crippen MR) is 96.6 cm³/mol. The molecule has 2 aromatic rings. The number of carbonyl (C=O) groups excluding carboxylic acids is 1. The average molecular weight is 358 g/mol. The summed E-state index contributed by atoms with van der Waals surface area (Å²) in [6.45, 7) is 0. The maximum atomic E-state index is 12.6. The van der Waals surface area contributed by atoms with Crippen molar-refractivity contribution in [2.75, 3.05) is 12.4 Å². The summed E-state index contributed by atoms with van der Waals surface area (Å²) in [5.41, 5.74) is 7.35. The molecule has 7 heteroatoms. The van der Waals surface area contributed by atoms with Gasteiger partial charge >= 0.3 is 0 Å². The van der Waals surface area contributed by atoms with E-state index in [1.165, 1.54) is 17.8 Å². The van der Waals surface area contributed by atoms with Crippen LogP contribution in [0.15, 0.2) is 24.3 Å². The van der Waals surface area contributed by atoms with Gasteiger partial charge in [-0.05, 0) is 48.8 Å². The Balaban J connectivity index is 1.40. The van der Waals surface area contributed by atoms with Gasteiger partial charge in [-0.2, -0.15) is 0 Å². The summed E-state index contributed by atoms with van der Waals surface area (Å²) in [4.78, 5) is 12.6. The molecule has 2 aliphatic carbocycles. The van der Waals surface area contributed by atoms with Crippen molar-refractivity contribution in [3.05, 3.63) is 34.8 Å². The third-order valence-corrected chi connectivity index (χ3v) is 6.31. The lowest BCUT2D eigenvalue weighted by Gasteiger charge is -2.26. The lowest BCUT2D eigenvalue weighted by atomic mass is 9.84. The van der Waals surface area contributed by atoms with Crippen LogP contribution in [0.4, 0.5) is 5.13 Å².